The summed E-state index contributed by atoms with van der Waals surface area (Å²) >= 11 is 0. The Hall–Kier alpha value is -1.55. The van der Waals surface area contributed by atoms with Crippen LogP contribution < -0.4 is 0 Å². The molecule has 4 nitrogen and oxygen atoms in total. The van der Waals surface area contributed by atoms with Gasteiger partial charge in [0.05, 0.1) is 12.6 Å². The third kappa shape index (κ3) is 3.80. The first-order valence-electron chi connectivity index (χ1n) is 7.77. The van der Waals surface area contributed by atoms with Crippen LogP contribution in [0.25, 0.3) is 0 Å². The molecule has 0 bridgehead atoms. The van der Waals surface area contributed by atoms with E-state index < -0.39 is 11.7 Å². The van der Waals surface area contributed by atoms with Crippen molar-refractivity contribution in [2.75, 3.05) is 6.54 Å². The predicted molar refractivity (Wildman–Crippen MR) is 86.7 cm³/mol. The molecule has 1 N–H and O–H groups in total. The molecule has 2 rings (SSSR count). The number of aliphatic hydroxyl groups is 1. The van der Waals surface area contributed by atoms with Crippen molar-refractivity contribution in [2.45, 2.75) is 65.2 Å². The number of hydrogen-bond donors (Lipinski definition) is 1. The summed E-state index contributed by atoms with van der Waals surface area (Å²) in [5.74, 6) is 0. The summed E-state index contributed by atoms with van der Waals surface area (Å²) in [6.07, 6.45) is -1.04. The maximum Gasteiger partial charge on any atom is 0.410 e. The summed E-state index contributed by atoms with van der Waals surface area (Å²) in [6, 6.07) is 6.13. The average molecular weight is 305 g/mol. The maximum atomic E-state index is 12.2. The normalized spacial score (nSPS) is 18.9. The van der Waals surface area contributed by atoms with E-state index in [1.54, 1.807) is 4.90 Å². The van der Waals surface area contributed by atoms with Crippen LogP contribution in [0.2, 0.25) is 0 Å². The third-order valence-electron chi connectivity index (χ3n) is 3.77. The number of hydrogen-bond acceptors (Lipinski definition) is 3. The van der Waals surface area contributed by atoms with Gasteiger partial charge in [-0.05, 0) is 42.9 Å². The number of fused-ring (bicyclic) bond motifs is 1. The second kappa shape index (κ2) is 5.58. The molecule has 1 aromatic rings. The first kappa shape index (κ1) is 16.8. The summed E-state index contributed by atoms with van der Waals surface area (Å²) in [6.45, 7) is 12.7. The third-order valence-corrected chi connectivity index (χ3v) is 3.77. The zero-order chi connectivity index (χ0) is 16.7. The Balaban J connectivity index is 2.26. The van der Waals surface area contributed by atoms with Gasteiger partial charge in [-0.3, -0.25) is 0 Å². The number of benzene rings is 1. The Kier molecular flexibility index (Phi) is 4.26. The Bertz CT molecular complexity index is 567. The standard InChI is InChI=1S/C18H27NO3/c1-17(2,3)13-7-8-14-12(9-13)10-19(11-15(14)20)16(21)22-18(4,5)6/h7-9,15,20H,10-11H2,1-6H3. The van der Waals surface area contributed by atoms with Gasteiger partial charge < -0.3 is 14.7 Å². The maximum absolute atomic E-state index is 12.2. The Labute approximate surface area is 133 Å². The fourth-order valence-corrected chi connectivity index (χ4v) is 2.58. The molecule has 122 valence electrons. The molecule has 0 fully saturated rings. The van der Waals surface area contributed by atoms with Crippen LogP contribution in [0.15, 0.2) is 18.2 Å². The van der Waals surface area contributed by atoms with Crippen molar-refractivity contribution in [1.29, 1.82) is 0 Å². The van der Waals surface area contributed by atoms with Crippen LogP contribution in [-0.4, -0.2) is 28.2 Å². The van der Waals surface area contributed by atoms with E-state index in [1.165, 1.54) is 5.56 Å². The van der Waals surface area contributed by atoms with E-state index in [2.05, 4.69) is 32.9 Å². The van der Waals surface area contributed by atoms with Crippen LogP contribution in [0.3, 0.4) is 0 Å². The largest absolute Gasteiger partial charge is 0.444 e. The van der Waals surface area contributed by atoms with Crippen LogP contribution >= 0.6 is 0 Å². The SMILES string of the molecule is CC(C)(C)OC(=O)N1Cc2cc(C(C)(C)C)ccc2C(O)C1. The lowest BCUT2D eigenvalue weighted by Crippen LogP contribution is -2.41. The van der Waals surface area contributed by atoms with Gasteiger partial charge in [0.15, 0.2) is 0 Å². The van der Waals surface area contributed by atoms with Gasteiger partial charge >= 0.3 is 6.09 Å². The topological polar surface area (TPSA) is 49.8 Å². The highest BCUT2D eigenvalue weighted by Gasteiger charge is 2.30. The van der Waals surface area contributed by atoms with Gasteiger partial charge in [0.2, 0.25) is 0 Å². The second-order valence-electron chi connectivity index (χ2n) is 8.04. The molecular weight excluding hydrogens is 278 g/mol. The molecule has 1 atom stereocenters. The van der Waals surface area contributed by atoms with Gasteiger partial charge in [-0.15, -0.1) is 0 Å². The summed E-state index contributed by atoms with van der Waals surface area (Å²) in [5, 5.41) is 10.3. The number of β-amino-alcohol motifs (C(OH)–C–C–N with tert-alkyl or cyclic N) is 1. The van der Waals surface area contributed by atoms with E-state index in [-0.39, 0.29) is 18.1 Å². The molecule has 4 heteroatoms. The zero-order valence-corrected chi connectivity index (χ0v) is 14.4. The average Bonchev–Trinajstić information content (AvgIpc) is 2.34. The second-order valence-corrected chi connectivity index (χ2v) is 8.04. The zero-order valence-electron chi connectivity index (χ0n) is 14.4. The fourth-order valence-electron chi connectivity index (χ4n) is 2.58. The summed E-state index contributed by atoms with van der Waals surface area (Å²) < 4.78 is 5.41. The van der Waals surface area contributed by atoms with E-state index in [4.69, 9.17) is 4.74 Å². The minimum absolute atomic E-state index is 0.0359. The smallest absolute Gasteiger partial charge is 0.410 e. The summed E-state index contributed by atoms with van der Waals surface area (Å²) in [7, 11) is 0. The molecule has 0 saturated heterocycles. The number of ether oxygens (including phenoxy) is 1. The highest BCUT2D eigenvalue weighted by molar-refractivity contribution is 5.69. The quantitative estimate of drug-likeness (QED) is 0.794. The molecule has 1 aromatic carbocycles. The van der Waals surface area contributed by atoms with Crippen molar-refractivity contribution in [3.05, 3.63) is 34.9 Å². The van der Waals surface area contributed by atoms with Crippen LogP contribution in [0, 0.1) is 0 Å². The van der Waals surface area contributed by atoms with E-state index in [0.717, 1.165) is 11.1 Å². The van der Waals surface area contributed by atoms with Crippen LogP contribution in [0.5, 0.6) is 0 Å². The molecule has 1 aliphatic rings. The van der Waals surface area contributed by atoms with Gasteiger partial charge in [0, 0.05) is 6.54 Å². The molecule has 1 amide bonds. The van der Waals surface area contributed by atoms with Crippen molar-refractivity contribution >= 4 is 6.09 Å². The Morgan fingerprint density at radius 2 is 1.86 bits per heavy atom. The van der Waals surface area contributed by atoms with Crippen LogP contribution in [0.4, 0.5) is 4.79 Å². The van der Waals surface area contributed by atoms with Gasteiger partial charge in [-0.25, -0.2) is 4.79 Å². The van der Waals surface area contributed by atoms with Gasteiger partial charge in [-0.2, -0.15) is 0 Å². The van der Waals surface area contributed by atoms with Gasteiger partial charge in [-0.1, -0.05) is 39.0 Å². The predicted octanol–water partition coefficient (Wildman–Crippen LogP) is 3.77. The van der Waals surface area contributed by atoms with E-state index in [9.17, 15) is 9.90 Å². The lowest BCUT2D eigenvalue weighted by atomic mass is 9.84. The molecule has 1 unspecified atom stereocenters. The molecule has 0 aromatic heterocycles. The van der Waals surface area contributed by atoms with E-state index >= 15 is 0 Å². The van der Waals surface area contributed by atoms with E-state index in [1.807, 2.05) is 26.8 Å². The monoisotopic (exact) mass is 305 g/mol. The van der Waals surface area contributed by atoms with Crippen molar-refractivity contribution in [3.8, 4) is 0 Å². The highest BCUT2D eigenvalue weighted by Crippen LogP contribution is 2.32. The molecule has 0 radical (unpaired) electrons. The number of carbonyl (C=O) groups is 1. The fraction of sp³-hybridized carbons (Fsp3) is 0.611. The minimum atomic E-state index is -0.662. The van der Waals surface area contributed by atoms with Crippen molar-refractivity contribution in [2.24, 2.45) is 0 Å². The number of amides is 1. The molecule has 0 aliphatic carbocycles. The molecule has 1 heterocycles. The molecule has 1 aliphatic heterocycles. The summed E-state index contributed by atoms with van der Waals surface area (Å²) in [5.41, 5.74) is 2.61. The number of rotatable bonds is 0. The van der Waals surface area contributed by atoms with Gasteiger partial charge in [0.25, 0.3) is 0 Å². The number of nitrogens with zero attached hydrogens (tertiary/aromatic N) is 1. The van der Waals surface area contributed by atoms with Gasteiger partial charge in [0.1, 0.15) is 5.60 Å². The lowest BCUT2D eigenvalue weighted by molar-refractivity contribution is 0.00826. The van der Waals surface area contributed by atoms with Crippen molar-refractivity contribution < 1.29 is 14.6 Å². The molecular formula is C18H27NO3. The highest BCUT2D eigenvalue weighted by atomic mass is 16.6. The van der Waals surface area contributed by atoms with Crippen molar-refractivity contribution in [1.82, 2.24) is 4.90 Å². The first-order chi connectivity index (χ1) is 9.97. The molecule has 22 heavy (non-hydrogen) atoms. The summed E-state index contributed by atoms with van der Waals surface area (Å²) in [4.78, 5) is 13.8. The Morgan fingerprint density at radius 1 is 1.23 bits per heavy atom. The molecule has 0 saturated carbocycles. The molecule has 0 spiro atoms. The Morgan fingerprint density at radius 3 is 2.41 bits per heavy atom. The van der Waals surface area contributed by atoms with E-state index in [0.29, 0.717) is 6.54 Å². The van der Waals surface area contributed by atoms with Crippen LogP contribution in [-0.2, 0) is 16.7 Å². The van der Waals surface area contributed by atoms with Crippen molar-refractivity contribution in [3.63, 3.8) is 0 Å². The number of carbonyl (C=O) groups excluding carboxylic acids is 1. The van der Waals surface area contributed by atoms with Crippen LogP contribution in [0.1, 0.15) is 64.3 Å². The lowest BCUT2D eigenvalue weighted by Gasteiger charge is -2.34. The minimum Gasteiger partial charge on any atom is -0.444 e. The number of aliphatic hydroxyl groups excluding tert-OH is 1. The first-order valence-corrected chi connectivity index (χ1v) is 7.77.